The van der Waals surface area contributed by atoms with Gasteiger partial charge in [-0.1, -0.05) is 6.07 Å². The zero-order valence-corrected chi connectivity index (χ0v) is 9.97. The van der Waals surface area contributed by atoms with Crippen LogP contribution in [-0.4, -0.2) is 13.1 Å². The fourth-order valence-corrected chi connectivity index (χ4v) is 1.67. The summed E-state index contributed by atoms with van der Waals surface area (Å²) >= 11 is 5.71. The second-order valence-corrected chi connectivity index (χ2v) is 3.70. The van der Waals surface area contributed by atoms with E-state index in [4.69, 9.17) is 16.9 Å². The maximum Gasteiger partial charge on any atom is 0.310 e. The van der Waals surface area contributed by atoms with Gasteiger partial charge < -0.3 is 4.74 Å². The highest BCUT2D eigenvalue weighted by molar-refractivity contribution is 6.17. The maximum absolute atomic E-state index is 11.2. The molecule has 0 amide bonds. The standard InChI is InChI=1S/C12H12ClNO2/c1-8-3-9(6-13)4-10(7-14)11(8)5-12(15)16-2/h3-4H,5-6H2,1-2H3. The number of benzene rings is 1. The quantitative estimate of drug-likeness (QED) is 0.599. The zero-order chi connectivity index (χ0) is 12.1. The summed E-state index contributed by atoms with van der Waals surface area (Å²) < 4.78 is 4.59. The van der Waals surface area contributed by atoms with Gasteiger partial charge in [-0.25, -0.2) is 0 Å². The van der Waals surface area contributed by atoms with Gasteiger partial charge in [0.25, 0.3) is 0 Å². The molecule has 1 aromatic rings. The van der Waals surface area contributed by atoms with Gasteiger partial charge in [0.2, 0.25) is 0 Å². The SMILES string of the molecule is COC(=O)Cc1c(C)cc(CCl)cc1C#N. The van der Waals surface area contributed by atoms with E-state index in [0.717, 1.165) is 11.1 Å². The minimum Gasteiger partial charge on any atom is -0.469 e. The molecule has 0 bridgehead atoms. The van der Waals surface area contributed by atoms with Crippen molar-refractivity contribution in [3.8, 4) is 6.07 Å². The summed E-state index contributed by atoms with van der Waals surface area (Å²) in [6.45, 7) is 1.86. The van der Waals surface area contributed by atoms with Crippen LogP contribution in [0.5, 0.6) is 0 Å². The number of carbonyl (C=O) groups is 1. The van der Waals surface area contributed by atoms with E-state index in [0.29, 0.717) is 17.0 Å². The van der Waals surface area contributed by atoms with E-state index in [9.17, 15) is 4.79 Å². The Morgan fingerprint density at radius 1 is 1.56 bits per heavy atom. The number of carbonyl (C=O) groups excluding carboxylic acids is 1. The van der Waals surface area contributed by atoms with Crippen molar-refractivity contribution in [3.63, 3.8) is 0 Å². The van der Waals surface area contributed by atoms with Crippen molar-refractivity contribution in [2.24, 2.45) is 0 Å². The number of halogens is 1. The molecule has 0 aliphatic carbocycles. The predicted molar refractivity (Wildman–Crippen MR) is 61.2 cm³/mol. The molecule has 1 rings (SSSR count). The molecule has 0 aliphatic rings. The van der Waals surface area contributed by atoms with Crippen LogP contribution in [0.15, 0.2) is 12.1 Å². The molecule has 4 heteroatoms. The summed E-state index contributed by atoms with van der Waals surface area (Å²) in [5, 5.41) is 9.00. The highest BCUT2D eigenvalue weighted by atomic mass is 35.5. The molecular weight excluding hydrogens is 226 g/mol. The number of nitriles is 1. The van der Waals surface area contributed by atoms with Crippen LogP contribution in [0.3, 0.4) is 0 Å². The van der Waals surface area contributed by atoms with E-state index in [2.05, 4.69) is 10.8 Å². The summed E-state index contributed by atoms with van der Waals surface area (Å²) in [5.41, 5.74) is 2.97. The molecule has 1 aromatic carbocycles. The molecule has 16 heavy (non-hydrogen) atoms. The Labute approximate surface area is 99.6 Å². The van der Waals surface area contributed by atoms with E-state index in [-0.39, 0.29) is 12.4 Å². The molecule has 0 aromatic heterocycles. The van der Waals surface area contributed by atoms with Crippen molar-refractivity contribution >= 4 is 17.6 Å². The van der Waals surface area contributed by atoms with Crippen molar-refractivity contribution < 1.29 is 9.53 Å². The van der Waals surface area contributed by atoms with Gasteiger partial charge >= 0.3 is 5.97 Å². The lowest BCUT2D eigenvalue weighted by Gasteiger charge is -2.08. The first-order valence-corrected chi connectivity index (χ1v) is 5.31. The molecule has 84 valence electrons. The Hall–Kier alpha value is -1.53. The minimum absolute atomic E-state index is 0.119. The van der Waals surface area contributed by atoms with E-state index < -0.39 is 0 Å². The zero-order valence-electron chi connectivity index (χ0n) is 9.21. The van der Waals surface area contributed by atoms with Gasteiger partial charge in [0, 0.05) is 5.88 Å². The lowest BCUT2D eigenvalue weighted by Crippen LogP contribution is -2.08. The van der Waals surface area contributed by atoms with E-state index in [1.54, 1.807) is 6.07 Å². The van der Waals surface area contributed by atoms with Crippen LogP contribution < -0.4 is 0 Å². The Morgan fingerprint density at radius 3 is 2.75 bits per heavy atom. The lowest BCUT2D eigenvalue weighted by atomic mass is 9.97. The lowest BCUT2D eigenvalue weighted by molar-refractivity contribution is -0.139. The monoisotopic (exact) mass is 237 g/mol. The fourth-order valence-electron chi connectivity index (χ4n) is 1.52. The number of alkyl halides is 1. The van der Waals surface area contributed by atoms with Crippen molar-refractivity contribution in [2.45, 2.75) is 19.2 Å². The molecule has 0 radical (unpaired) electrons. The maximum atomic E-state index is 11.2. The second-order valence-electron chi connectivity index (χ2n) is 3.44. The predicted octanol–water partition coefficient (Wildman–Crippen LogP) is 2.32. The van der Waals surface area contributed by atoms with Gasteiger partial charge in [0.1, 0.15) is 0 Å². The molecular formula is C12H12ClNO2. The largest absolute Gasteiger partial charge is 0.469 e. The van der Waals surface area contributed by atoms with Crippen LogP contribution in [0.1, 0.15) is 22.3 Å². The Kier molecular flexibility index (Phi) is 4.33. The number of nitrogens with zero attached hydrogens (tertiary/aromatic N) is 1. The summed E-state index contributed by atoms with van der Waals surface area (Å²) in [5.74, 6) is 0.00632. The minimum atomic E-state index is -0.349. The molecule has 0 atom stereocenters. The van der Waals surface area contributed by atoms with Gasteiger partial charge in [-0.2, -0.15) is 5.26 Å². The average molecular weight is 238 g/mol. The van der Waals surface area contributed by atoms with Crippen molar-refractivity contribution in [3.05, 3.63) is 34.4 Å². The summed E-state index contributed by atoms with van der Waals surface area (Å²) in [6, 6.07) is 5.66. The van der Waals surface area contributed by atoms with Gasteiger partial charge in [-0.05, 0) is 29.7 Å². The molecule has 3 nitrogen and oxygen atoms in total. The molecule has 0 N–H and O–H groups in total. The first kappa shape index (κ1) is 12.5. The van der Waals surface area contributed by atoms with E-state index in [1.807, 2.05) is 13.0 Å². The van der Waals surface area contributed by atoms with Gasteiger partial charge in [-0.15, -0.1) is 11.6 Å². The number of hydrogen-bond donors (Lipinski definition) is 0. The van der Waals surface area contributed by atoms with Crippen LogP contribution in [0, 0.1) is 18.3 Å². The number of esters is 1. The first-order chi connectivity index (χ1) is 7.62. The van der Waals surface area contributed by atoms with Crippen molar-refractivity contribution in [1.82, 2.24) is 0 Å². The molecule has 0 saturated heterocycles. The number of methoxy groups -OCH3 is 1. The Morgan fingerprint density at radius 2 is 2.25 bits per heavy atom. The Bertz CT molecular complexity index is 449. The number of rotatable bonds is 3. The summed E-state index contributed by atoms with van der Waals surface area (Å²) in [4.78, 5) is 11.2. The average Bonchev–Trinajstić information content (AvgIpc) is 2.30. The third kappa shape index (κ3) is 2.74. The molecule has 0 unspecified atom stereocenters. The van der Waals surface area contributed by atoms with Crippen LogP contribution in [0.4, 0.5) is 0 Å². The van der Waals surface area contributed by atoms with Crippen LogP contribution >= 0.6 is 11.6 Å². The van der Waals surface area contributed by atoms with Gasteiger partial charge in [0.15, 0.2) is 0 Å². The topological polar surface area (TPSA) is 50.1 Å². The molecule has 0 aliphatic heterocycles. The van der Waals surface area contributed by atoms with Crippen LogP contribution in [0.2, 0.25) is 0 Å². The van der Waals surface area contributed by atoms with Crippen molar-refractivity contribution in [1.29, 1.82) is 5.26 Å². The van der Waals surface area contributed by atoms with Gasteiger partial charge in [-0.3, -0.25) is 4.79 Å². The Balaban J connectivity index is 3.18. The molecule has 0 heterocycles. The van der Waals surface area contributed by atoms with E-state index >= 15 is 0 Å². The number of aryl methyl sites for hydroxylation is 1. The molecule has 0 saturated carbocycles. The first-order valence-electron chi connectivity index (χ1n) is 4.77. The highest BCUT2D eigenvalue weighted by Crippen LogP contribution is 2.19. The summed E-state index contributed by atoms with van der Waals surface area (Å²) in [6.07, 6.45) is 0.119. The van der Waals surface area contributed by atoms with Crippen molar-refractivity contribution in [2.75, 3.05) is 7.11 Å². The normalized spacial score (nSPS) is 9.62. The molecule has 0 fully saturated rings. The van der Waals surface area contributed by atoms with Gasteiger partial charge in [0.05, 0.1) is 25.2 Å². The van der Waals surface area contributed by atoms with E-state index in [1.165, 1.54) is 7.11 Å². The second kappa shape index (κ2) is 5.53. The van der Waals surface area contributed by atoms with Crippen LogP contribution in [0.25, 0.3) is 0 Å². The number of hydrogen-bond acceptors (Lipinski definition) is 3. The fraction of sp³-hybridized carbons (Fsp3) is 0.333. The van der Waals surface area contributed by atoms with Crippen LogP contribution in [-0.2, 0) is 21.8 Å². The number of ether oxygens (including phenoxy) is 1. The third-order valence-corrected chi connectivity index (χ3v) is 2.66. The summed E-state index contributed by atoms with van der Waals surface area (Å²) in [7, 11) is 1.33. The smallest absolute Gasteiger partial charge is 0.310 e. The third-order valence-electron chi connectivity index (χ3n) is 2.36. The molecule has 0 spiro atoms. The highest BCUT2D eigenvalue weighted by Gasteiger charge is 2.12.